The Hall–Kier alpha value is -2.16. The Balaban J connectivity index is 0.00000338. The lowest BCUT2D eigenvalue weighted by Gasteiger charge is -2.12. The summed E-state index contributed by atoms with van der Waals surface area (Å²) in [5.74, 6) is 0.255. The number of carbonyl (C=O) groups excluding carboxylic acids is 1. The molecule has 0 fully saturated rings. The number of guanidine groups is 1. The lowest BCUT2D eigenvalue weighted by atomic mass is 10.2. The fraction of sp³-hybridized carbons (Fsp3) is 0.263. The quantitative estimate of drug-likeness (QED) is 0.343. The summed E-state index contributed by atoms with van der Waals surface area (Å²) < 4.78 is 13.7. The van der Waals surface area contributed by atoms with Gasteiger partial charge in [0.15, 0.2) is 5.96 Å². The number of hydrogen-bond donors (Lipinski definition) is 3. The highest BCUT2D eigenvalue weighted by Crippen LogP contribution is 2.11. The van der Waals surface area contributed by atoms with E-state index in [0.717, 1.165) is 11.3 Å². The zero-order valence-corrected chi connectivity index (χ0v) is 17.2. The third kappa shape index (κ3) is 7.38. The molecule has 0 aliphatic carbocycles. The first-order valence-electron chi connectivity index (χ1n) is 8.20. The number of nitrogens with one attached hydrogen (secondary N) is 3. The second-order valence-corrected chi connectivity index (χ2v) is 5.52. The molecule has 0 aliphatic rings. The van der Waals surface area contributed by atoms with Gasteiger partial charge in [0.25, 0.3) is 0 Å². The standard InChI is InChI=1S/C19H23FN4O.HI/c1-3-21-19(23-13-16-8-4-5-10-18(16)20)22-12-15-7-6-9-17(11-15)24-14(2)25;/h4-11H,3,12-13H2,1-2H3,(H,24,25)(H2,21,22,23);1H. The van der Waals surface area contributed by atoms with Crippen molar-refractivity contribution in [1.82, 2.24) is 10.6 Å². The van der Waals surface area contributed by atoms with Gasteiger partial charge in [0.2, 0.25) is 5.91 Å². The summed E-state index contributed by atoms with van der Waals surface area (Å²) in [5.41, 5.74) is 2.29. The molecule has 2 rings (SSSR count). The fourth-order valence-corrected chi connectivity index (χ4v) is 2.28. The van der Waals surface area contributed by atoms with Crippen molar-refractivity contribution in [1.29, 1.82) is 0 Å². The summed E-state index contributed by atoms with van der Waals surface area (Å²) in [7, 11) is 0. The lowest BCUT2D eigenvalue weighted by Crippen LogP contribution is -2.37. The molecule has 0 spiro atoms. The van der Waals surface area contributed by atoms with E-state index in [2.05, 4.69) is 20.9 Å². The number of benzene rings is 2. The molecular formula is C19H24FIN4O. The number of hydrogen-bond acceptors (Lipinski definition) is 2. The molecule has 0 bridgehead atoms. The largest absolute Gasteiger partial charge is 0.357 e. The van der Waals surface area contributed by atoms with Gasteiger partial charge in [0.1, 0.15) is 5.82 Å². The van der Waals surface area contributed by atoms with Crippen LogP contribution in [0.1, 0.15) is 25.0 Å². The normalized spacial score (nSPS) is 10.7. The monoisotopic (exact) mass is 470 g/mol. The van der Waals surface area contributed by atoms with Gasteiger partial charge in [0.05, 0.1) is 6.54 Å². The van der Waals surface area contributed by atoms with E-state index in [1.165, 1.54) is 13.0 Å². The molecule has 3 N–H and O–H groups in total. The SMILES string of the molecule is CCNC(=NCc1cccc(NC(C)=O)c1)NCc1ccccc1F.I. The first-order chi connectivity index (χ1) is 12.1. The van der Waals surface area contributed by atoms with Crippen LogP contribution in [0.5, 0.6) is 0 Å². The molecule has 0 unspecified atom stereocenters. The molecule has 0 saturated carbocycles. The van der Waals surface area contributed by atoms with Gasteiger partial charge in [-0.3, -0.25) is 4.79 Å². The molecule has 2 aromatic rings. The van der Waals surface area contributed by atoms with Crippen LogP contribution in [0.15, 0.2) is 53.5 Å². The van der Waals surface area contributed by atoms with E-state index < -0.39 is 0 Å². The molecule has 0 heterocycles. The van der Waals surface area contributed by atoms with Gasteiger partial charge < -0.3 is 16.0 Å². The molecule has 1 amide bonds. The van der Waals surface area contributed by atoms with Gasteiger partial charge in [-0.25, -0.2) is 9.38 Å². The summed E-state index contributed by atoms with van der Waals surface area (Å²) in [4.78, 5) is 15.6. The third-order valence-electron chi connectivity index (χ3n) is 3.42. The van der Waals surface area contributed by atoms with E-state index in [9.17, 15) is 9.18 Å². The second kappa shape index (κ2) is 11.5. The van der Waals surface area contributed by atoms with Crippen LogP contribution in [-0.4, -0.2) is 18.4 Å². The second-order valence-electron chi connectivity index (χ2n) is 5.52. The Kier molecular flexibility index (Phi) is 9.64. The molecule has 0 saturated heterocycles. The minimum Gasteiger partial charge on any atom is -0.357 e. The molecule has 0 aliphatic heterocycles. The van der Waals surface area contributed by atoms with Crippen molar-refractivity contribution in [3.05, 3.63) is 65.5 Å². The average molecular weight is 470 g/mol. The molecular weight excluding hydrogens is 446 g/mol. The van der Waals surface area contributed by atoms with Crippen LogP contribution in [0, 0.1) is 5.82 Å². The minimum atomic E-state index is -0.242. The van der Waals surface area contributed by atoms with Gasteiger partial charge >= 0.3 is 0 Å². The molecule has 0 radical (unpaired) electrons. The lowest BCUT2D eigenvalue weighted by molar-refractivity contribution is -0.114. The topological polar surface area (TPSA) is 65.5 Å². The molecule has 2 aromatic carbocycles. The highest BCUT2D eigenvalue weighted by Gasteiger charge is 2.03. The molecule has 7 heteroatoms. The predicted molar refractivity (Wildman–Crippen MR) is 114 cm³/mol. The van der Waals surface area contributed by atoms with Crippen LogP contribution in [0.3, 0.4) is 0 Å². The maximum atomic E-state index is 13.7. The van der Waals surface area contributed by atoms with Gasteiger partial charge in [0, 0.05) is 31.3 Å². The molecule has 140 valence electrons. The van der Waals surface area contributed by atoms with Gasteiger partial charge in [-0.05, 0) is 30.7 Å². The number of amides is 1. The Morgan fingerprint density at radius 2 is 1.88 bits per heavy atom. The first kappa shape index (κ1) is 21.9. The zero-order chi connectivity index (χ0) is 18.1. The van der Waals surface area contributed by atoms with Gasteiger partial charge in [-0.15, -0.1) is 24.0 Å². The Bertz CT molecular complexity index is 752. The van der Waals surface area contributed by atoms with E-state index >= 15 is 0 Å². The maximum Gasteiger partial charge on any atom is 0.221 e. The number of aliphatic imine (C=N–C) groups is 1. The van der Waals surface area contributed by atoms with E-state index in [1.54, 1.807) is 18.2 Å². The number of halogens is 2. The average Bonchev–Trinajstić information content (AvgIpc) is 2.58. The van der Waals surface area contributed by atoms with Crippen molar-refractivity contribution in [2.24, 2.45) is 4.99 Å². The smallest absolute Gasteiger partial charge is 0.221 e. The van der Waals surface area contributed by atoms with E-state index in [-0.39, 0.29) is 35.7 Å². The van der Waals surface area contributed by atoms with Gasteiger partial charge in [-0.1, -0.05) is 30.3 Å². The number of nitrogens with zero attached hydrogens (tertiary/aromatic N) is 1. The van der Waals surface area contributed by atoms with E-state index in [0.29, 0.717) is 31.2 Å². The van der Waals surface area contributed by atoms with Crippen molar-refractivity contribution >= 4 is 41.5 Å². The zero-order valence-electron chi connectivity index (χ0n) is 14.9. The maximum absolute atomic E-state index is 13.7. The summed E-state index contributed by atoms with van der Waals surface area (Å²) >= 11 is 0. The van der Waals surface area contributed by atoms with E-state index in [4.69, 9.17) is 0 Å². The number of rotatable bonds is 6. The van der Waals surface area contributed by atoms with E-state index in [1.807, 2.05) is 31.2 Å². The minimum absolute atomic E-state index is 0. The van der Waals surface area contributed by atoms with Crippen LogP contribution >= 0.6 is 24.0 Å². The van der Waals surface area contributed by atoms with Crippen LogP contribution in [-0.2, 0) is 17.9 Å². The Morgan fingerprint density at radius 3 is 2.58 bits per heavy atom. The van der Waals surface area contributed by atoms with Crippen LogP contribution in [0.4, 0.5) is 10.1 Å². The van der Waals surface area contributed by atoms with Crippen molar-refractivity contribution in [2.75, 3.05) is 11.9 Å². The van der Waals surface area contributed by atoms with Gasteiger partial charge in [-0.2, -0.15) is 0 Å². The predicted octanol–water partition coefficient (Wildman–Crippen LogP) is 3.66. The van der Waals surface area contributed by atoms with Crippen LogP contribution < -0.4 is 16.0 Å². The molecule has 5 nitrogen and oxygen atoms in total. The Labute approximate surface area is 170 Å². The number of anilines is 1. The summed E-state index contributed by atoms with van der Waals surface area (Å²) in [6.45, 7) is 4.94. The van der Waals surface area contributed by atoms with Crippen molar-refractivity contribution in [3.63, 3.8) is 0 Å². The Morgan fingerprint density at radius 1 is 1.12 bits per heavy atom. The fourth-order valence-electron chi connectivity index (χ4n) is 2.28. The van der Waals surface area contributed by atoms with Crippen molar-refractivity contribution < 1.29 is 9.18 Å². The summed E-state index contributed by atoms with van der Waals surface area (Å²) in [5, 5.41) is 9.01. The van der Waals surface area contributed by atoms with Crippen LogP contribution in [0.25, 0.3) is 0 Å². The van der Waals surface area contributed by atoms with Crippen LogP contribution in [0.2, 0.25) is 0 Å². The molecule has 0 aromatic heterocycles. The third-order valence-corrected chi connectivity index (χ3v) is 3.42. The highest BCUT2D eigenvalue weighted by atomic mass is 127. The highest BCUT2D eigenvalue weighted by molar-refractivity contribution is 14.0. The summed E-state index contributed by atoms with van der Waals surface area (Å²) in [6.07, 6.45) is 0. The summed E-state index contributed by atoms with van der Waals surface area (Å²) in [6, 6.07) is 14.2. The molecule has 0 atom stereocenters. The van der Waals surface area contributed by atoms with Crippen molar-refractivity contribution in [3.8, 4) is 0 Å². The first-order valence-corrected chi connectivity index (χ1v) is 8.20. The molecule has 26 heavy (non-hydrogen) atoms. The number of carbonyl (C=O) groups is 1. The van der Waals surface area contributed by atoms with Crippen molar-refractivity contribution in [2.45, 2.75) is 26.9 Å².